The highest BCUT2D eigenvalue weighted by atomic mass is 16.5. The molecule has 2 heterocycles. The van der Waals surface area contributed by atoms with E-state index in [-0.39, 0.29) is 11.3 Å². The molecular weight excluding hydrogens is 400 g/mol. The quantitative estimate of drug-likeness (QED) is 0.313. The van der Waals surface area contributed by atoms with Gasteiger partial charge in [-0.25, -0.2) is 9.59 Å². The number of hydrogen-bond acceptors (Lipinski definition) is 7. The van der Waals surface area contributed by atoms with E-state index in [1.165, 1.54) is 12.1 Å². The van der Waals surface area contributed by atoms with Gasteiger partial charge in [0.15, 0.2) is 0 Å². The molecule has 160 valence electrons. The molecule has 0 aliphatic heterocycles. The molecular formula is C24H22O7. The summed E-state index contributed by atoms with van der Waals surface area (Å²) in [6.07, 6.45) is 0. The minimum atomic E-state index is -0.380. The van der Waals surface area contributed by atoms with Gasteiger partial charge in [-0.1, -0.05) is 0 Å². The van der Waals surface area contributed by atoms with Gasteiger partial charge in [-0.15, -0.1) is 0 Å². The third-order valence-electron chi connectivity index (χ3n) is 4.84. The molecule has 0 fully saturated rings. The molecule has 0 saturated heterocycles. The lowest BCUT2D eigenvalue weighted by atomic mass is 10.1. The van der Waals surface area contributed by atoms with Crippen molar-refractivity contribution in [2.45, 2.75) is 13.8 Å². The summed E-state index contributed by atoms with van der Waals surface area (Å²) in [4.78, 5) is 23.0. The molecule has 0 saturated carbocycles. The molecule has 0 amide bonds. The lowest BCUT2D eigenvalue weighted by Gasteiger charge is -2.10. The molecule has 7 nitrogen and oxygen atoms in total. The van der Waals surface area contributed by atoms with Gasteiger partial charge < -0.3 is 23.0 Å². The van der Waals surface area contributed by atoms with Crippen LogP contribution >= 0.6 is 0 Å². The van der Waals surface area contributed by atoms with E-state index in [4.69, 9.17) is 23.0 Å². The minimum Gasteiger partial charge on any atom is -0.491 e. The zero-order valence-corrected chi connectivity index (χ0v) is 17.3. The highest BCUT2D eigenvalue weighted by molar-refractivity contribution is 5.81. The Morgan fingerprint density at radius 3 is 1.55 bits per heavy atom. The van der Waals surface area contributed by atoms with Gasteiger partial charge in [0.1, 0.15) is 35.9 Å². The second-order valence-corrected chi connectivity index (χ2v) is 7.12. The molecule has 7 heteroatoms. The first-order valence-corrected chi connectivity index (χ1v) is 9.92. The monoisotopic (exact) mass is 422 g/mol. The van der Waals surface area contributed by atoms with Crippen LogP contribution in [0.3, 0.4) is 0 Å². The van der Waals surface area contributed by atoms with Crippen molar-refractivity contribution in [3.05, 3.63) is 80.5 Å². The maximum atomic E-state index is 11.5. The van der Waals surface area contributed by atoms with Crippen LogP contribution in [0.2, 0.25) is 0 Å². The van der Waals surface area contributed by atoms with E-state index in [9.17, 15) is 9.59 Å². The fourth-order valence-corrected chi connectivity index (χ4v) is 3.33. The van der Waals surface area contributed by atoms with E-state index in [1.807, 2.05) is 38.1 Å². The number of hydrogen-bond donors (Lipinski definition) is 0. The van der Waals surface area contributed by atoms with Crippen molar-refractivity contribution in [1.82, 2.24) is 0 Å². The maximum absolute atomic E-state index is 11.5. The summed E-state index contributed by atoms with van der Waals surface area (Å²) in [5, 5.41) is 1.76. The molecule has 31 heavy (non-hydrogen) atoms. The Balaban J connectivity index is 1.22. The zero-order chi connectivity index (χ0) is 21.8. The number of aryl methyl sites for hydroxylation is 2. The Hall–Kier alpha value is -3.58. The Bertz CT molecular complexity index is 1230. The second kappa shape index (κ2) is 9.06. The highest BCUT2D eigenvalue weighted by Gasteiger charge is 2.05. The largest absolute Gasteiger partial charge is 0.491 e. The minimum absolute atomic E-state index is 0.349. The normalized spacial score (nSPS) is 11.2. The van der Waals surface area contributed by atoms with Crippen molar-refractivity contribution in [3.8, 4) is 11.5 Å². The van der Waals surface area contributed by atoms with E-state index >= 15 is 0 Å². The van der Waals surface area contributed by atoms with E-state index < -0.39 is 0 Å². The second-order valence-electron chi connectivity index (χ2n) is 7.12. The van der Waals surface area contributed by atoms with Gasteiger partial charge in [0.2, 0.25) is 0 Å². The summed E-state index contributed by atoms with van der Waals surface area (Å²) in [5.74, 6) is 1.21. The molecule has 4 aromatic rings. The van der Waals surface area contributed by atoms with Gasteiger partial charge in [0.05, 0.1) is 13.2 Å². The van der Waals surface area contributed by atoms with Crippen molar-refractivity contribution in [1.29, 1.82) is 0 Å². The van der Waals surface area contributed by atoms with Crippen LogP contribution in [0.5, 0.6) is 11.5 Å². The molecule has 0 N–H and O–H groups in total. The summed E-state index contributed by atoms with van der Waals surface area (Å²) >= 11 is 0. The predicted octanol–water partition coefficient (Wildman–Crippen LogP) is 3.99. The molecule has 0 unspecified atom stereocenters. The first-order valence-electron chi connectivity index (χ1n) is 9.92. The number of ether oxygens (including phenoxy) is 3. The lowest BCUT2D eigenvalue weighted by Crippen LogP contribution is -2.12. The van der Waals surface area contributed by atoms with Gasteiger partial charge in [-0.2, -0.15) is 0 Å². The summed E-state index contributed by atoms with van der Waals surface area (Å²) in [6, 6.07) is 13.7. The molecule has 0 aliphatic rings. The van der Waals surface area contributed by atoms with Crippen LogP contribution in [0.1, 0.15) is 11.1 Å². The Labute approximate surface area is 177 Å². The van der Waals surface area contributed by atoms with Crippen molar-refractivity contribution in [2.24, 2.45) is 0 Å². The van der Waals surface area contributed by atoms with Crippen LogP contribution in [-0.4, -0.2) is 26.4 Å². The topological polar surface area (TPSA) is 88.1 Å². The van der Waals surface area contributed by atoms with Crippen LogP contribution in [0, 0.1) is 13.8 Å². The maximum Gasteiger partial charge on any atom is 0.336 e. The Kier molecular flexibility index (Phi) is 6.04. The Morgan fingerprint density at radius 1 is 0.645 bits per heavy atom. The SMILES string of the molecule is Cc1cc(=O)oc2cc(OCCOCCOc3ccc4c(C)cc(=O)oc4c3)ccc12. The first-order chi connectivity index (χ1) is 15.0. The molecule has 0 atom stereocenters. The fourth-order valence-electron chi connectivity index (χ4n) is 3.33. The average molecular weight is 422 g/mol. The third kappa shape index (κ3) is 4.95. The van der Waals surface area contributed by atoms with Gasteiger partial charge in [0.25, 0.3) is 0 Å². The van der Waals surface area contributed by atoms with Crippen LogP contribution < -0.4 is 20.7 Å². The fraction of sp³-hybridized carbons (Fsp3) is 0.250. The van der Waals surface area contributed by atoms with Crippen molar-refractivity contribution < 1.29 is 23.0 Å². The number of benzene rings is 2. The molecule has 0 spiro atoms. The Morgan fingerprint density at radius 2 is 1.10 bits per heavy atom. The van der Waals surface area contributed by atoms with Crippen LogP contribution in [0.4, 0.5) is 0 Å². The number of rotatable bonds is 8. The standard InChI is InChI=1S/C24H22O7/c1-15-11-23(25)30-21-13-17(3-5-19(15)21)28-9-7-27-8-10-29-18-4-6-20-16(2)12-24(26)31-22(20)14-18/h3-6,11-14H,7-10H2,1-2H3. The van der Waals surface area contributed by atoms with Crippen LogP contribution in [-0.2, 0) is 4.74 Å². The van der Waals surface area contributed by atoms with Crippen molar-refractivity contribution >= 4 is 21.9 Å². The number of fused-ring (bicyclic) bond motifs is 2. The van der Waals surface area contributed by atoms with Crippen LogP contribution in [0.25, 0.3) is 21.9 Å². The molecule has 0 radical (unpaired) electrons. The van der Waals surface area contributed by atoms with Crippen molar-refractivity contribution in [3.63, 3.8) is 0 Å². The van der Waals surface area contributed by atoms with E-state index in [0.29, 0.717) is 49.1 Å². The molecule has 0 aliphatic carbocycles. The summed E-state index contributed by atoms with van der Waals surface area (Å²) in [7, 11) is 0. The van der Waals surface area contributed by atoms with Gasteiger partial charge >= 0.3 is 11.3 Å². The zero-order valence-electron chi connectivity index (χ0n) is 17.3. The summed E-state index contributed by atoms with van der Waals surface area (Å²) in [6.45, 7) is 5.19. The molecule has 2 aromatic carbocycles. The summed E-state index contributed by atoms with van der Waals surface area (Å²) in [5.41, 5.74) is 1.97. The predicted molar refractivity (Wildman–Crippen MR) is 116 cm³/mol. The van der Waals surface area contributed by atoms with E-state index in [0.717, 1.165) is 21.9 Å². The lowest BCUT2D eigenvalue weighted by molar-refractivity contribution is 0.0764. The van der Waals surface area contributed by atoms with Crippen LogP contribution in [0.15, 0.2) is 67.0 Å². The first kappa shape index (κ1) is 20.7. The average Bonchev–Trinajstić information content (AvgIpc) is 2.72. The van der Waals surface area contributed by atoms with Gasteiger partial charge in [-0.3, -0.25) is 0 Å². The van der Waals surface area contributed by atoms with E-state index in [2.05, 4.69) is 0 Å². The third-order valence-corrected chi connectivity index (χ3v) is 4.84. The molecule has 4 rings (SSSR count). The highest BCUT2D eigenvalue weighted by Crippen LogP contribution is 2.23. The summed E-state index contributed by atoms with van der Waals surface area (Å²) < 4.78 is 27.3. The molecule has 0 bridgehead atoms. The van der Waals surface area contributed by atoms with E-state index in [1.54, 1.807) is 12.1 Å². The smallest absolute Gasteiger partial charge is 0.336 e. The molecule has 2 aromatic heterocycles. The van der Waals surface area contributed by atoms with Gasteiger partial charge in [0, 0.05) is 35.0 Å². The van der Waals surface area contributed by atoms with Crippen molar-refractivity contribution in [2.75, 3.05) is 26.4 Å². The van der Waals surface area contributed by atoms with Gasteiger partial charge in [-0.05, 0) is 49.2 Å².